The van der Waals surface area contributed by atoms with E-state index in [0.29, 0.717) is 6.42 Å². The van der Waals surface area contributed by atoms with E-state index in [1.807, 2.05) is 24.3 Å². The number of nitrogens with one attached hydrogen (secondary N) is 1. The second-order valence-corrected chi connectivity index (χ2v) is 5.91. The molecular weight excluding hydrogens is 262 g/mol. The van der Waals surface area contributed by atoms with Gasteiger partial charge in [0.2, 0.25) is 5.91 Å². The van der Waals surface area contributed by atoms with Crippen molar-refractivity contribution < 1.29 is 9.59 Å². The second-order valence-electron chi connectivity index (χ2n) is 5.91. The summed E-state index contributed by atoms with van der Waals surface area (Å²) in [5, 5.41) is 2.89. The minimum Gasteiger partial charge on any atom is -0.356 e. The van der Waals surface area contributed by atoms with Crippen LogP contribution in [0.5, 0.6) is 0 Å². The third-order valence-electron chi connectivity index (χ3n) is 4.18. The van der Waals surface area contributed by atoms with Crippen LogP contribution in [0.3, 0.4) is 0 Å². The molecule has 0 aliphatic carbocycles. The number of carbonyl (C=O) groups is 2. The molecule has 1 aliphatic heterocycles. The van der Waals surface area contributed by atoms with E-state index in [1.54, 1.807) is 0 Å². The van der Waals surface area contributed by atoms with Gasteiger partial charge in [-0.05, 0) is 31.2 Å². The third-order valence-corrected chi connectivity index (χ3v) is 4.18. The summed E-state index contributed by atoms with van der Waals surface area (Å²) in [7, 11) is 0. The lowest BCUT2D eigenvalue weighted by atomic mass is 9.93. The van der Waals surface area contributed by atoms with Gasteiger partial charge in [-0.2, -0.15) is 0 Å². The molecule has 1 atom stereocenters. The Morgan fingerprint density at radius 1 is 1.24 bits per heavy atom. The summed E-state index contributed by atoms with van der Waals surface area (Å²) >= 11 is 0. The molecule has 114 valence electrons. The molecule has 0 radical (unpaired) electrons. The maximum atomic E-state index is 12.3. The van der Waals surface area contributed by atoms with Crippen molar-refractivity contribution in [2.45, 2.75) is 51.9 Å². The molecule has 1 aromatic rings. The molecule has 0 saturated carbocycles. The Labute approximate surface area is 127 Å². The molecular formula is C18H25NO2. The van der Waals surface area contributed by atoms with Gasteiger partial charge in [-0.1, -0.05) is 44.0 Å². The van der Waals surface area contributed by atoms with Crippen LogP contribution in [0.25, 0.3) is 0 Å². The standard InChI is InChI=1S/C18H25NO2/c1-2-3-6-14-8-10-15(11-9-14)17(20)13-16-7-4-5-12-19-18(16)21/h8-11,16H,2-7,12-13H2,1H3,(H,19,21)/t16-/m1/s1. The normalized spacial score (nSPS) is 18.9. The number of hydrogen-bond acceptors (Lipinski definition) is 2. The Balaban J connectivity index is 1.94. The Bertz CT molecular complexity index is 478. The maximum absolute atomic E-state index is 12.3. The molecule has 0 aromatic heterocycles. The number of benzene rings is 1. The number of carbonyl (C=O) groups excluding carboxylic acids is 2. The van der Waals surface area contributed by atoms with Crippen molar-refractivity contribution in [3.05, 3.63) is 35.4 Å². The second kappa shape index (κ2) is 7.96. The van der Waals surface area contributed by atoms with E-state index in [2.05, 4.69) is 12.2 Å². The smallest absolute Gasteiger partial charge is 0.223 e. The number of aryl methyl sites for hydroxylation is 1. The lowest BCUT2D eigenvalue weighted by molar-refractivity contribution is -0.124. The maximum Gasteiger partial charge on any atom is 0.223 e. The number of amides is 1. The number of unbranched alkanes of at least 4 members (excludes halogenated alkanes) is 1. The predicted molar refractivity (Wildman–Crippen MR) is 84.4 cm³/mol. The topological polar surface area (TPSA) is 46.2 Å². The zero-order valence-corrected chi connectivity index (χ0v) is 12.9. The summed E-state index contributed by atoms with van der Waals surface area (Å²) in [6.07, 6.45) is 6.62. The molecule has 0 unspecified atom stereocenters. The molecule has 1 fully saturated rings. The van der Waals surface area contributed by atoms with Crippen LogP contribution in [0.15, 0.2) is 24.3 Å². The molecule has 1 aromatic carbocycles. The average molecular weight is 287 g/mol. The van der Waals surface area contributed by atoms with Gasteiger partial charge in [0.15, 0.2) is 5.78 Å². The van der Waals surface area contributed by atoms with E-state index in [9.17, 15) is 9.59 Å². The quantitative estimate of drug-likeness (QED) is 0.814. The fraction of sp³-hybridized carbons (Fsp3) is 0.556. The van der Waals surface area contributed by atoms with E-state index in [0.717, 1.165) is 37.8 Å². The molecule has 1 saturated heterocycles. The predicted octanol–water partition coefficient (Wildman–Crippen LogP) is 3.52. The van der Waals surface area contributed by atoms with Crippen molar-refractivity contribution >= 4 is 11.7 Å². The van der Waals surface area contributed by atoms with E-state index >= 15 is 0 Å². The van der Waals surface area contributed by atoms with Gasteiger partial charge in [0.05, 0.1) is 0 Å². The van der Waals surface area contributed by atoms with Crippen molar-refractivity contribution in [1.82, 2.24) is 5.32 Å². The van der Waals surface area contributed by atoms with Crippen molar-refractivity contribution in [3.63, 3.8) is 0 Å². The molecule has 0 bridgehead atoms. The highest BCUT2D eigenvalue weighted by atomic mass is 16.2. The first kappa shape index (κ1) is 15.7. The zero-order valence-electron chi connectivity index (χ0n) is 12.9. The summed E-state index contributed by atoms with van der Waals surface area (Å²) in [5.41, 5.74) is 2.01. The highest BCUT2D eigenvalue weighted by Crippen LogP contribution is 2.19. The Hall–Kier alpha value is -1.64. The van der Waals surface area contributed by atoms with Crippen LogP contribution in [0.1, 0.15) is 61.4 Å². The van der Waals surface area contributed by atoms with Crippen LogP contribution in [-0.2, 0) is 11.2 Å². The molecule has 3 heteroatoms. The van der Waals surface area contributed by atoms with Gasteiger partial charge in [0.25, 0.3) is 0 Å². The van der Waals surface area contributed by atoms with Crippen LogP contribution >= 0.6 is 0 Å². The number of rotatable bonds is 6. The number of hydrogen-bond donors (Lipinski definition) is 1. The highest BCUT2D eigenvalue weighted by molar-refractivity contribution is 5.98. The fourth-order valence-corrected chi connectivity index (χ4v) is 2.78. The van der Waals surface area contributed by atoms with Crippen LogP contribution in [0.2, 0.25) is 0 Å². The minimum atomic E-state index is -0.153. The molecule has 2 rings (SSSR count). The van der Waals surface area contributed by atoms with E-state index < -0.39 is 0 Å². The molecule has 21 heavy (non-hydrogen) atoms. The summed E-state index contributed by atoms with van der Waals surface area (Å²) < 4.78 is 0. The summed E-state index contributed by atoms with van der Waals surface area (Å²) in [4.78, 5) is 24.2. The van der Waals surface area contributed by atoms with Crippen molar-refractivity contribution in [2.24, 2.45) is 5.92 Å². The SMILES string of the molecule is CCCCc1ccc(C(=O)C[C@H]2CCCCNC2=O)cc1. The van der Waals surface area contributed by atoms with Crippen molar-refractivity contribution in [1.29, 1.82) is 0 Å². The average Bonchev–Trinajstić information content (AvgIpc) is 2.70. The molecule has 1 heterocycles. The molecule has 1 aliphatic rings. The van der Waals surface area contributed by atoms with E-state index in [-0.39, 0.29) is 17.6 Å². The molecule has 1 amide bonds. The monoisotopic (exact) mass is 287 g/mol. The first-order valence-electron chi connectivity index (χ1n) is 8.10. The van der Waals surface area contributed by atoms with Gasteiger partial charge in [-0.25, -0.2) is 0 Å². The fourth-order valence-electron chi connectivity index (χ4n) is 2.78. The first-order chi connectivity index (χ1) is 10.2. The summed E-state index contributed by atoms with van der Waals surface area (Å²) in [6, 6.07) is 7.88. The summed E-state index contributed by atoms with van der Waals surface area (Å²) in [6.45, 7) is 2.92. The van der Waals surface area contributed by atoms with E-state index in [1.165, 1.54) is 18.4 Å². The lowest BCUT2D eigenvalue weighted by Gasteiger charge is -2.12. The number of Topliss-reactive ketones (excluding diaryl/α,β-unsaturated/α-hetero) is 1. The van der Waals surface area contributed by atoms with Gasteiger partial charge in [0.1, 0.15) is 0 Å². The summed E-state index contributed by atoms with van der Waals surface area (Å²) in [5.74, 6) is -0.0284. The highest BCUT2D eigenvalue weighted by Gasteiger charge is 2.23. The first-order valence-corrected chi connectivity index (χ1v) is 8.10. The van der Waals surface area contributed by atoms with Gasteiger partial charge in [-0.15, -0.1) is 0 Å². The Kier molecular flexibility index (Phi) is 5.97. The van der Waals surface area contributed by atoms with Crippen LogP contribution in [0.4, 0.5) is 0 Å². The molecule has 3 nitrogen and oxygen atoms in total. The number of ketones is 1. The van der Waals surface area contributed by atoms with E-state index in [4.69, 9.17) is 0 Å². The van der Waals surface area contributed by atoms with Gasteiger partial charge in [0, 0.05) is 24.4 Å². The van der Waals surface area contributed by atoms with Crippen LogP contribution in [0, 0.1) is 5.92 Å². The van der Waals surface area contributed by atoms with Crippen LogP contribution in [-0.4, -0.2) is 18.2 Å². The van der Waals surface area contributed by atoms with Crippen molar-refractivity contribution in [2.75, 3.05) is 6.54 Å². The Morgan fingerprint density at radius 2 is 2.00 bits per heavy atom. The van der Waals surface area contributed by atoms with Crippen molar-refractivity contribution in [3.8, 4) is 0 Å². The zero-order chi connectivity index (χ0) is 15.1. The van der Waals surface area contributed by atoms with Crippen LogP contribution < -0.4 is 5.32 Å². The molecule has 1 N–H and O–H groups in total. The lowest BCUT2D eigenvalue weighted by Crippen LogP contribution is -2.30. The van der Waals surface area contributed by atoms with Gasteiger partial charge < -0.3 is 5.32 Å². The Morgan fingerprint density at radius 3 is 2.71 bits per heavy atom. The third kappa shape index (κ3) is 4.69. The largest absolute Gasteiger partial charge is 0.356 e. The minimum absolute atomic E-state index is 0.0421. The van der Waals surface area contributed by atoms with Gasteiger partial charge in [-0.3, -0.25) is 9.59 Å². The van der Waals surface area contributed by atoms with Gasteiger partial charge >= 0.3 is 0 Å². The molecule has 0 spiro atoms.